The van der Waals surface area contributed by atoms with Crippen molar-refractivity contribution in [3.05, 3.63) is 28.0 Å². The second-order valence-electron chi connectivity index (χ2n) is 3.63. The van der Waals surface area contributed by atoms with E-state index in [2.05, 4.69) is 9.72 Å². The molecule has 1 rings (SSSR count). The molecule has 0 unspecified atom stereocenters. The highest BCUT2D eigenvalue weighted by atomic mass is 35.5. The van der Waals surface area contributed by atoms with Crippen molar-refractivity contribution in [2.24, 2.45) is 0 Å². The van der Waals surface area contributed by atoms with Gasteiger partial charge in [0.25, 0.3) is 6.43 Å². The summed E-state index contributed by atoms with van der Waals surface area (Å²) in [5.74, 6) is -0.994. The largest absolute Gasteiger partial charge is 0.466 e. The highest BCUT2D eigenvalue weighted by Crippen LogP contribution is 2.40. The van der Waals surface area contributed by atoms with Crippen molar-refractivity contribution < 1.29 is 31.5 Å². The van der Waals surface area contributed by atoms with Crippen molar-refractivity contribution in [1.29, 1.82) is 0 Å². The van der Waals surface area contributed by atoms with E-state index in [0.717, 1.165) is 0 Å². The first-order valence-corrected chi connectivity index (χ1v) is 5.74. The molecule has 1 aromatic heterocycles. The number of hydrogen-bond acceptors (Lipinski definition) is 3. The van der Waals surface area contributed by atoms with E-state index in [0.29, 0.717) is 6.20 Å². The molecule has 0 N–H and O–H groups in total. The Morgan fingerprint density at radius 3 is 2.50 bits per heavy atom. The van der Waals surface area contributed by atoms with E-state index >= 15 is 0 Å². The fraction of sp³-hybridized carbons (Fsp3) is 0.455. The van der Waals surface area contributed by atoms with Crippen molar-refractivity contribution in [3.63, 3.8) is 0 Å². The first-order chi connectivity index (χ1) is 9.18. The Balaban J connectivity index is 3.40. The number of hydrogen-bond donors (Lipinski definition) is 0. The molecule has 0 spiro atoms. The Hall–Kier alpha value is -1.44. The molecule has 0 saturated carbocycles. The lowest BCUT2D eigenvalue weighted by Crippen LogP contribution is -2.18. The van der Waals surface area contributed by atoms with Crippen LogP contribution in [-0.2, 0) is 22.1 Å². The van der Waals surface area contributed by atoms with Gasteiger partial charge in [-0.25, -0.2) is 8.78 Å². The summed E-state index contributed by atoms with van der Waals surface area (Å²) in [7, 11) is 0. The van der Waals surface area contributed by atoms with Gasteiger partial charge in [-0.05, 0) is 12.5 Å². The minimum atomic E-state index is -5.11. The molecule has 0 aliphatic carbocycles. The molecule has 0 aliphatic rings. The zero-order valence-corrected chi connectivity index (χ0v) is 10.9. The van der Waals surface area contributed by atoms with Crippen LogP contribution < -0.4 is 0 Å². The van der Waals surface area contributed by atoms with Crippen molar-refractivity contribution in [2.75, 3.05) is 6.61 Å². The van der Waals surface area contributed by atoms with Gasteiger partial charge in [0.2, 0.25) is 0 Å². The lowest BCUT2D eigenvalue weighted by molar-refractivity contribution is -0.144. The van der Waals surface area contributed by atoms with Crippen LogP contribution in [-0.4, -0.2) is 17.6 Å². The summed E-state index contributed by atoms with van der Waals surface area (Å²) in [6.07, 6.45) is -8.74. The molecule has 0 radical (unpaired) electrons. The molecule has 20 heavy (non-hydrogen) atoms. The molecule has 9 heteroatoms. The van der Waals surface area contributed by atoms with Crippen molar-refractivity contribution in [1.82, 2.24) is 4.98 Å². The average Bonchev–Trinajstić information content (AvgIpc) is 2.29. The molecule has 0 fully saturated rings. The third-order valence-corrected chi connectivity index (χ3v) is 2.61. The number of halogens is 6. The number of ether oxygens (including phenoxy) is 1. The summed E-state index contributed by atoms with van der Waals surface area (Å²) in [6.45, 7) is 1.41. The number of aromatic nitrogens is 1. The molecule has 3 nitrogen and oxygen atoms in total. The normalized spacial score (nSPS) is 11.8. The van der Waals surface area contributed by atoms with E-state index < -0.39 is 46.8 Å². The molecular formula is C11H9ClF5NO2. The predicted octanol–water partition coefficient (Wildman–Crippen LogP) is 3.80. The van der Waals surface area contributed by atoms with E-state index in [1.165, 1.54) is 6.92 Å². The van der Waals surface area contributed by atoms with Gasteiger partial charge in [0.1, 0.15) is 5.69 Å². The van der Waals surface area contributed by atoms with Gasteiger partial charge in [-0.2, -0.15) is 13.2 Å². The summed E-state index contributed by atoms with van der Waals surface area (Å²) in [6, 6.07) is 0. The summed E-state index contributed by atoms with van der Waals surface area (Å²) in [5.41, 5.74) is -3.91. The first-order valence-electron chi connectivity index (χ1n) is 5.36. The summed E-state index contributed by atoms with van der Waals surface area (Å²) in [5, 5.41) is -0.519. The van der Waals surface area contributed by atoms with Gasteiger partial charge in [0.15, 0.2) is 0 Å². The summed E-state index contributed by atoms with van der Waals surface area (Å²) < 4.78 is 68.5. The molecular weight excluding hydrogens is 309 g/mol. The monoisotopic (exact) mass is 317 g/mol. The Labute approximate surface area is 115 Å². The van der Waals surface area contributed by atoms with Gasteiger partial charge in [-0.1, -0.05) is 11.6 Å². The van der Waals surface area contributed by atoms with Gasteiger partial charge in [-0.3, -0.25) is 9.78 Å². The number of pyridine rings is 1. The maximum Gasteiger partial charge on any atom is 0.418 e. The van der Waals surface area contributed by atoms with Crippen LogP contribution in [0.1, 0.15) is 30.2 Å². The van der Waals surface area contributed by atoms with Crippen molar-refractivity contribution in [2.45, 2.75) is 25.9 Å². The highest BCUT2D eigenvalue weighted by molar-refractivity contribution is 6.31. The smallest absolute Gasteiger partial charge is 0.418 e. The molecule has 0 amide bonds. The van der Waals surface area contributed by atoms with E-state index in [-0.39, 0.29) is 6.61 Å². The van der Waals surface area contributed by atoms with Crippen molar-refractivity contribution >= 4 is 17.6 Å². The van der Waals surface area contributed by atoms with Crippen LogP contribution in [0.3, 0.4) is 0 Å². The molecule has 1 heterocycles. The maximum absolute atomic E-state index is 12.9. The highest BCUT2D eigenvalue weighted by Gasteiger charge is 2.40. The Morgan fingerprint density at radius 1 is 1.45 bits per heavy atom. The van der Waals surface area contributed by atoms with Gasteiger partial charge in [0, 0.05) is 6.20 Å². The standard InChI is InChI=1S/C11H9ClF5NO2/c1-2-20-7(19)3-5-6(12)4-18-9(10(13)14)8(5)11(15,16)17/h4,10H,2-3H2,1H3. The zero-order chi connectivity index (χ0) is 15.5. The fourth-order valence-electron chi connectivity index (χ4n) is 1.55. The first kappa shape index (κ1) is 16.6. The third kappa shape index (κ3) is 3.78. The second-order valence-corrected chi connectivity index (χ2v) is 4.03. The zero-order valence-electron chi connectivity index (χ0n) is 10.1. The van der Waals surface area contributed by atoms with Crippen LogP contribution in [0.2, 0.25) is 5.02 Å². The molecule has 0 aliphatic heterocycles. The van der Waals surface area contributed by atoms with E-state index in [9.17, 15) is 26.7 Å². The minimum Gasteiger partial charge on any atom is -0.466 e. The van der Waals surface area contributed by atoms with Gasteiger partial charge in [-0.15, -0.1) is 0 Å². The average molecular weight is 318 g/mol. The lowest BCUT2D eigenvalue weighted by atomic mass is 10.0. The Kier molecular flexibility index (Phi) is 5.27. The van der Waals surface area contributed by atoms with Crippen LogP contribution in [0.5, 0.6) is 0 Å². The third-order valence-electron chi connectivity index (χ3n) is 2.28. The molecule has 0 bridgehead atoms. The number of carbonyl (C=O) groups is 1. The van der Waals surface area contributed by atoms with Crippen LogP contribution in [0, 0.1) is 0 Å². The number of esters is 1. The molecule has 0 saturated heterocycles. The maximum atomic E-state index is 12.9. The topological polar surface area (TPSA) is 39.2 Å². The number of nitrogens with zero attached hydrogens (tertiary/aromatic N) is 1. The fourth-order valence-corrected chi connectivity index (χ4v) is 1.76. The predicted molar refractivity (Wildman–Crippen MR) is 59.5 cm³/mol. The molecule has 0 aromatic carbocycles. The van der Waals surface area contributed by atoms with Crippen LogP contribution in [0.15, 0.2) is 6.20 Å². The SMILES string of the molecule is CCOC(=O)Cc1c(Cl)cnc(C(F)F)c1C(F)(F)F. The molecule has 112 valence electrons. The minimum absolute atomic E-state index is 0.0510. The van der Waals surface area contributed by atoms with E-state index in [4.69, 9.17) is 11.6 Å². The van der Waals surface area contributed by atoms with Gasteiger partial charge in [0.05, 0.1) is 23.6 Å². The van der Waals surface area contributed by atoms with Crippen LogP contribution >= 0.6 is 11.6 Å². The van der Waals surface area contributed by atoms with E-state index in [1.807, 2.05) is 0 Å². The van der Waals surface area contributed by atoms with Crippen molar-refractivity contribution in [3.8, 4) is 0 Å². The quantitative estimate of drug-likeness (QED) is 0.626. The lowest BCUT2D eigenvalue weighted by Gasteiger charge is -2.17. The Bertz CT molecular complexity index is 504. The van der Waals surface area contributed by atoms with Crippen LogP contribution in [0.25, 0.3) is 0 Å². The Morgan fingerprint density at radius 2 is 2.05 bits per heavy atom. The van der Waals surface area contributed by atoms with Gasteiger partial charge < -0.3 is 4.74 Å². The van der Waals surface area contributed by atoms with Gasteiger partial charge >= 0.3 is 12.1 Å². The number of carbonyl (C=O) groups excluding carboxylic acids is 1. The van der Waals surface area contributed by atoms with Crippen LogP contribution in [0.4, 0.5) is 22.0 Å². The second kappa shape index (κ2) is 6.34. The summed E-state index contributed by atoms with van der Waals surface area (Å²) >= 11 is 5.54. The molecule has 0 atom stereocenters. The number of alkyl halides is 5. The van der Waals surface area contributed by atoms with E-state index in [1.54, 1.807) is 0 Å². The number of rotatable bonds is 4. The molecule has 1 aromatic rings. The summed E-state index contributed by atoms with van der Waals surface area (Å²) in [4.78, 5) is 14.3.